The summed E-state index contributed by atoms with van der Waals surface area (Å²) in [6.07, 6.45) is 3.17. The number of urea groups is 1. The molecule has 10 nitrogen and oxygen atoms in total. The van der Waals surface area contributed by atoms with Crippen LogP contribution in [0.5, 0.6) is 11.5 Å². The number of carbonyl (C=O) groups excluding carboxylic acids is 3. The minimum absolute atomic E-state index is 0.0755. The number of carbonyl (C=O) groups is 3. The number of imide groups is 1. The number of nitrogens with two attached hydrogens (primary N) is 1. The molecule has 0 atom stereocenters. The first kappa shape index (κ1) is 26.4. The Balaban J connectivity index is 1.16. The van der Waals surface area contributed by atoms with Gasteiger partial charge in [0.25, 0.3) is 5.91 Å². The summed E-state index contributed by atoms with van der Waals surface area (Å²) >= 11 is 0. The molecule has 0 unspecified atom stereocenters. The van der Waals surface area contributed by atoms with E-state index in [1.54, 1.807) is 37.3 Å². The second-order valence-corrected chi connectivity index (χ2v) is 10.7. The van der Waals surface area contributed by atoms with Gasteiger partial charge < -0.3 is 20.8 Å². The van der Waals surface area contributed by atoms with Crippen LogP contribution in [0.3, 0.4) is 0 Å². The van der Waals surface area contributed by atoms with Crippen LogP contribution in [0.2, 0.25) is 0 Å². The molecule has 1 spiro atoms. The number of benzene rings is 3. The van der Waals surface area contributed by atoms with Crippen LogP contribution in [0.15, 0.2) is 66.9 Å². The number of ketones is 1. The fourth-order valence-corrected chi connectivity index (χ4v) is 5.60. The van der Waals surface area contributed by atoms with Gasteiger partial charge in [-0.25, -0.2) is 23.2 Å². The van der Waals surface area contributed by atoms with Crippen LogP contribution in [-0.4, -0.2) is 38.0 Å². The maximum absolute atomic E-state index is 15.2. The lowest BCUT2D eigenvalue weighted by Gasteiger charge is -2.34. The van der Waals surface area contributed by atoms with Gasteiger partial charge in [-0.2, -0.15) is 5.10 Å². The first-order valence-electron chi connectivity index (χ1n) is 13.6. The molecular weight excluding hydrogens is 558 g/mol. The summed E-state index contributed by atoms with van der Waals surface area (Å²) < 4.78 is 36.2. The van der Waals surface area contributed by atoms with Gasteiger partial charge in [-0.05, 0) is 80.3 Å². The van der Waals surface area contributed by atoms with Gasteiger partial charge in [0.15, 0.2) is 11.6 Å². The second kappa shape index (κ2) is 9.51. The number of ether oxygens (including phenoxy) is 1. The Morgan fingerprint density at radius 2 is 1.81 bits per heavy atom. The van der Waals surface area contributed by atoms with E-state index in [9.17, 15) is 18.8 Å². The number of aryl methyl sites for hydroxylation is 1. The van der Waals surface area contributed by atoms with E-state index in [1.807, 2.05) is 0 Å². The van der Waals surface area contributed by atoms with E-state index in [-0.39, 0.29) is 28.5 Å². The number of nitrogens with one attached hydrogen (secondary N) is 2. The summed E-state index contributed by atoms with van der Waals surface area (Å²) in [6.45, 7) is 1.80. The van der Waals surface area contributed by atoms with Crippen molar-refractivity contribution in [3.8, 4) is 17.2 Å². The summed E-state index contributed by atoms with van der Waals surface area (Å²) in [7, 11) is 0. The Morgan fingerprint density at radius 1 is 1.02 bits per heavy atom. The predicted molar refractivity (Wildman–Crippen MR) is 153 cm³/mol. The van der Waals surface area contributed by atoms with Gasteiger partial charge in [0, 0.05) is 10.9 Å². The minimum atomic E-state index is -0.960. The van der Waals surface area contributed by atoms with Crippen LogP contribution in [0.1, 0.15) is 40.9 Å². The van der Waals surface area contributed by atoms with Crippen LogP contribution in [0.4, 0.5) is 25.1 Å². The highest BCUT2D eigenvalue weighted by atomic mass is 19.1. The van der Waals surface area contributed by atoms with Crippen molar-refractivity contribution in [2.24, 2.45) is 0 Å². The number of halogens is 2. The Labute approximate surface area is 243 Å². The number of hydrogen-bond donors (Lipinski definition) is 3. The molecule has 1 aliphatic heterocycles. The summed E-state index contributed by atoms with van der Waals surface area (Å²) in [5.74, 6) is -1.65. The standard InChI is InChI=1S/C31H24F2N6O4/c1-16-11-18(43-26-6-3-2-5-20(26)32)7-8-24(16)39-28(34)19(15-35-39)27(40)23-13-17-12-21(33)25(14-22(17)36-23)38-29(41)31(9-4-10-31)37-30(38)42/h2-3,5-8,11-15,36H,4,9-10,34H2,1H3,(H,37,42). The molecule has 5 aromatic rings. The molecule has 216 valence electrons. The van der Waals surface area contributed by atoms with Gasteiger partial charge in [-0.1, -0.05) is 12.1 Å². The number of H-pyrrole nitrogens is 1. The average molecular weight is 583 g/mol. The SMILES string of the molecule is Cc1cc(Oc2ccccc2F)ccc1-n1ncc(C(=O)c2cc3cc(F)c(N4C(=O)NC5(CCC5)C4=O)cc3[nH]2)c1N. The largest absolute Gasteiger partial charge is 0.454 e. The Kier molecular flexibility index (Phi) is 5.84. The van der Waals surface area contributed by atoms with Gasteiger partial charge in [0.05, 0.1) is 28.8 Å². The van der Waals surface area contributed by atoms with Gasteiger partial charge in [-0.3, -0.25) is 9.59 Å². The Bertz CT molecular complexity index is 1990. The summed E-state index contributed by atoms with van der Waals surface area (Å²) in [4.78, 5) is 42.8. The van der Waals surface area contributed by atoms with Crippen molar-refractivity contribution in [3.05, 3.63) is 95.3 Å². The average Bonchev–Trinajstić information content (AvgIpc) is 3.62. The first-order valence-corrected chi connectivity index (χ1v) is 13.6. The molecule has 3 heterocycles. The Morgan fingerprint density at radius 3 is 2.51 bits per heavy atom. The zero-order valence-electron chi connectivity index (χ0n) is 22.8. The van der Waals surface area contributed by atoms with Gasteiger partial charge in [-0.15, -0.1) is 0 Å². The van der Waals surface area contributed by atoms with E-state index < -0.39 is 34.9 Å². The van der Waals surface area contributed by atoms with Crippen LogP contribution in [-0.2, 0) is 4.79 Å². The van der Waals surface area contributed by atoms with Crippen molar-refractivity contribution in [3.63, 3.8) is 0 Å². The van der Waals surface area contributed by atoms with Crippen molar-refractivity contribution in [2.75, 3.05) is 10.6 Å². The molecule has 3 amide bonds. The van der Waals surface area contributed by atoms with Crippen molar-refractivity contribution in [1.82, 2.24) is 20.1 Å². The molecule has 1 saturated heterocycles. The summed E-state index contributed by atoms with van der Waals surface area (Å²) in [6, 6.07) is 14.4. The van der Waals surface area contributed by atoms with E-state index in [2.05, 4.69) is 15.4 Å². The lowest BCUT2D eigenvalue weighted by atomic mass is 9.77. The van der Waals surface area contributed by atoms with Crippen LogP contribution in [0.25, 0.3) is 16.6 Å². The van der Waals surface area contributed by atoms with Crippen LogP contribution >= 0.6 is 0 Å². The zero-order valence-corrected chi connectivity index (χ0v) is 22.8. The molecule has 1 saturated carbocycles. The highest BCUT2D eigenvalue weighted by molar-refractivity contribution is 6.24. The second-order valence-electron chi connectivity index (χ2n) is 10.7. The van der Waals surface area contributed by atoms with Gasteiger partial charge >= 0.3 is 6.03 Å². The smallest absolute Gasteiger partial charge is 0.329 e. The number of nitrogen functional groups attached to an aromatic ring is 1. The molecule has 12 heteroatoms. The molecule has 2 aromatic heterocycles. The number of hydrogen-bond acceptors (Lipinski definition) is 6. The molecule has 0 radical (unpaired) electrons. The number of amides is 3. The lowest BCUT2D eigenvalue weighted by Crippen LogP contribution is -2.52. The van der Waals surface area contributed by atoms with E-state index in [0.717, 1.165) is 11.3 Å². The molecule has 0 bridgehead atoms. The predicted octanol–water partition coefficient (Wildman–Crippen LogP) is 5.52. The highest BCUT2D eigenvalue weighted by Gasteiger charge is 2.55. The number of aromatic nitrogens is 3. The maximum atomic E-state index is 15.2. The van der Waals surface area contributed by atoms with E-state index in [1.165, 1.54) is 41.2 Å². The van der Waals surface area contributed by atoms with Gasteiger partial charge in [0.1, 0.15) is 22.9 Å². The number of nitrogens with zero attached hydrogens (tertiary/aromatic N) is 3. The summed E-state index contributed by atoms with van der Waals surface area (Å²) in [5, 5.41) is 7.37. The number of aromatic amines is 1. The van der Waals surface area contributed by atoms with E-state index in [4.69, 9.17) is 10.5 Å². The summed E-state index contributed by atoms with van der Waals surface area (Å²) in [5.41, 5.74) is 7.10. The highest BCUT2D eigenvalue weighted by Crippen LogP contribution is 2.40. The van der Waals surface area contributed by atoms with Crippen molar-refractivity contribution < 1.29 is 27.9 Å². The monoisotopic (exact) mass is 582 g/mol. The van der Waals surface area contributed by atoms with Crippen molar-refractivity contribution in [2.45, 2.75) is 31.7 Å². The third kappa shape index (κ3) is 4.13. The first-order chi connectivity index (χ1) is 20.6. The van der Waals surface area contributed by atoms with E-state index >= 15 is 4.39 Å². The molecule has 43 heavy (non-hydrogen) atoms. The number of anilines is 2. The number of fused-ring (bicyclic) bond motifs is 1. The van der Waals surface area contributed by atoms with Gasteiger partial charge in [0.2, 0.25) is 5.78 Å². The van der Waals surface area contributed by atoms with Crippen molar-refractivity contribution >= 4 is 40.1 Å². The number of rotatable bonds is 6. The quantitative estimate of drug-likeness (QED) is 0.178. The topological polar surface area (TPSA) is 135 Å². The molecule has 2 fully saturated rings. The maximum Gasteiger partial charge on any atom is 0.329 e. The molecular formula is C31H24F2N6O4. The molecule has 1 aliphatic carbocycles. The fraction of sp³-hybridized carbons (Fsp3) is 0.161. The molecule has 4 N–H and O–H groups in total. The third-order valence-corrected chi connectivity index (χ3v) is 8.05. The molecule has 3 aromatic carbocycles. The fourth-order valence-electron chi connectivity index (χ4n) is 5.60. The molecule has 2 aliphatic rings. The number of para-hydroxylation sites is 1. The van der Waals surface area contributed by atoms with Crippen LogP contribution < -0.4 is 20.7 Å². The van der Waals surface area contributed by atoms with Crippen molar-refractivity contribution in [1.29, 1.82) is 0 Å². The van der Waals surface area contributed by atoms with E-state index in [0.29, 0.717) is 40.7 Å². The third-order valence-electron chi connectivity index (χ3n) is 8.05. The normalized spacial score (nSPS) is 15.7. The lowest BCUT2D eigenvalue weighted by molar-refractivity contribution is -0.124. The minimum Gasteiger partial charge on any atom is -0.454 e. The van der Waals surface area contributed by atoms with Crippen LogP contribution in [0, 0.1) is 18.6 Å². The zero-order chi connectivity index (χ0) is 30.0. The Hall–Kier alpha value is -5.52. The molecule has 7 rings (SSSR count).